The topological polar surface area (TPSA) is 38.1 Å². The van der Waals surface area contributed by atoms with Gasteiger partial charge in [-0.05, 0) is 23.8 Å². The molecule has 6 heteroatoms. The molecule has 1 aromatic heterocycles. The van der Waals surface area contributed by atoms with E-state index in [1.54, 1.807) is 35.1 Å². The van der Waals surface area contributed by atoms with Crippen LogP contribution in [0.5, 0.6) is 0 Å². The maximum atomic E-state index is 13.3. The maximum absolute atomic E-state index is 13.3. The fraction of sp³-hybridized carbons (Fsp3) is 0.231. The lowest BCUT2D eigenvalue weighted by Crippen LogP contribution is -2.27. The molecule has 0 fully saturated rings. The Bertz CT molecular complexity index is 612. The van der Waals surface area contributed by atoms with Crippen molar-refractivity contribution in [3.63, 3.8) is 0 Å². The number of aromatic nitrogens is 2. The Morgan fingerprint density at radius 3 is 2.84 bits per heavy atom. The first-order valence-electron chi connectivity index (χ1n) is 5.68. The average Bonchev–Trinajstić information content (AvgIpc) is 2.76. The van der Waals surface area contributed by atoms with Crippen molar-refractivity contribution >= 4 is 27.5 Å². The molecule has 0 aliphatic rings. The predicted molar refractivity (Wildman–Crippen MR) is 74.2 cm³/mol. The van der Waals surface area contributed by atoms with Crippen LogP contribution >= 0.6 is 15.9 Å². The molecule has 2 rings (SSSR count). The number of hydrogen-bond acceptors (Lipinski definition) is 2. The summed E-state index contributed by atoms with van der Waals surface area (Å²) < 4.78 is 15.6. The first kappa shape index (κ1) is 13.7. The molecule has 0 saturated carbocycles. The van der Waals surface area contributed by atoms with Crippen molar-refractivity contribution < 1.29 is 9.18 Å². The molecule has 0 unspecified atom stereocenters. The fourth-order valence-corrected chi connectivity index (χ4v) is 2.14. The third kappa shape index (κ3) is 3.20. The van der Waals surface area contributed by atoms with E-state index in [1.165, 1.54) is 19.1 Å². The third-order valence-electron chi connectivity index (χ3n) is 2.72. The standard InChI is InChI=1S/C13H13BrFN3O/c1-9(19)18(12-6-16-17(2)8-12)7-10-5-11(15)3-4-13(10)14/h3-6,8H,7H2,1-2H3. The van der Waals surface area contributed by atoms with Gasteiger partial charge in [0.05, 0.1) is 18.4 Å². The van der Waals surface area contributed by atoms with Gasteiger partial charge < -0.3 is 4.90 Å². The van der Waals surface area contributed by atoms with E-state index in [-0.39, 0.29) is 11.7 Å². The number of benzene rings is 1. The molecule has 0 spiro atoms. The van der Waals surface area contributed by atoms with E-state index in [1.807, 2.05) is 0 Å². The second-order valence-electron chi connectivity index (χ2n) is 4.21. The van der Waals surface area contributed by atoms with Crippen LogP contribution in [0.1, 0.15) is 12.5 Å². The van der Waals surface area contributed by atoms with E-state index in [4.69, 9.17) is 0 Å². The highest BCUT2D eigenvalue weighted by Crippen LogP contribution is 2.23. The van der Waals surface area contributed by atoms with Gasteiger partial charge in [0.2, 0.25) is 5.91 Å². The quantitative estimate of drug-likeness (QED) is 0.870. The van der Waals surface area contributed by atoms with E-state index >= 15 is 0 Å². The van der Waals surface area contributed by atoms with Crippen LogP contribution in [0, 0.1) is 5.82 Å². The van der Waals surface area contributed by atoms with Gasteiger partial charge in [0, 0.05) is 24.6 Å². The number of anilines is 1. The third-order valence-corrected chi connectivity index (χ3v) is 3.49. The lowest BCUT2D eigenvalue weighted by molar-refractivity contribution is -0.116. The second-order valence-corrected chi connectivity index (χ2v) is 5.07. The normalized spacial score (nSPS) is 10.5. The SMILES string of the molecule is CC(=O)N(Cc1cc(F)ccc1Br)c1cnn(C)c1. The average molecular weight is 326 g/mol. The van der Waals surface area contributed by atoms with Gasteiger partial charge in [0.15, 0.2) is 0 Å². The highest BCUT2D eigenvalue weighted by Gasteiger charge is 2.15. The molecular weight excluding hydrogens is 313 g/mol. The van der Waals surface area contributed by atoms with Crippen molar-refractivity contribution in [1.29, 1.82) is 0 Å². The van der Waals surface area contributed by atoms with E-state index in [2.05, 4.69) is 21.0 Å². The molecule has 1 amide bonds. The molecule has 0 aliphatic carbocycles. The lowest BCUT2D eigenvalue weighted by Gasteiger charge is -2.20. The number of aryl methyl sites for hydroxylation is 1. The largest absolute Gasteiger partial charge is 0.305 e. The van der Waals surface area contributed by atoms with E-state index < -0.39 is 0 Å². The van der Waals surface area contributed by atoms with Gasteiger partial charge in [-0.15, -0.1) is 0 Å². The van der Waals surface area contributed by atoms with Crippen LogP contribution in [-0.4, -0.2) is 15.7 Å². The Kier molecular flexibility index (Phi) is 3.99. The zero-order chi connectivity index (χ0) is 14.0. The molecule has 0 bridgehead atoms. The van der Waals surface area contributed by atoms with Crippen LogP contribution in [0.2, 0.25) is 0 Å². The monoisotopic (exact) mass is 325 g/mol. The Morgan fingerprint density at radius 1 is 1.53 bits per heavy atom. The van der Waals surface area contributed by atoms with Crippen LogP contribution in [0.4, 0.5) is 10.1 Å². The molecular formula is C13H13BrFN3O. The fourth-order valence-electron chi connectivity index (χ4n) is 1.77. The summed E-state index contributed by atoms with van der Waals surface area (Å²) >= 11 is 3.36. The first-order valence-corrected chi connectivity index (χ1v) is 6.47. The Hall–Kier alpha value is -1.69. The number of rotatable bonds is 3. The van der Waals surface area contributed by atoms with Crippen LogP contribution in [-0.2, 0) is 18.4 Å². The van der Waals surface area contributed by atoms with Gasteiger partial charge in [-0.2, -0.15) is 5.10 Å². The molecule has 1 aromatic carbocycles. The molecule has 100 valence electrons. The summed E-state index contributed by atoms with van der Waals surface area (Å²) in [7, 11) is 1.78. The molecule has 0 saturated heterocycles. The summed E-state index contributed by atoms with van der Waals surface area (Å²) in [6.45, 7) is 1.76. The van der Waals surface area contributed by atoms with Crippen LogP contribution in [0.15, 0.2) is 35.1 Å². The van der Waals surface area contributed by atoms with E-state index in [9.17, 15) is 9.18 Å². The Labute approximate surface area is 119 Å². The molecule has 0 radical (unpaired) electrons. The first-order chi connectivity index (χ1) is 8.97. The van der Waals surface area contributed by atoms with Crippen molar-refractivity contribution in [2.75, 3.05) is 4.90 Å². The van der Waals surface area contributed by atoms with Gasteiger partial charge in [-0.25, -0.2) is 4.39 Å². The van der Waals surface area contributed by atoms with Crippen molar-refractivity contribution in [3.8, 4) is 0 Å². The minimum Gasteiger partial charge on any atom is -0.305 e. The second kappa shape index (κ2) is 5.52. The summed E-state index contributed by atoms with van der Waals surface area (Å²) in [6, 6.07) is 4.42. The predicted octanol–water partition coefficient (Wildman–Crippen LogP) is 2.87. The smallest absolute Gasteiger partial charge is 0.224 e. The zero-order valence-corrected chi connectivity index (χ0v) is 12.2. The molecule has 0 N–H and O–H groups in total. The Morgan fingerprint density at radius 2 is 2.26 bits per heavy atom. The summed E-state index contributed by atoms with van der Waals surface area (Å²) in [4.78, 5) is 13.3. The van der Waals surface area contributed by atoms with Crippen LogP contribution in [0.3, 0.4) is 0 Å². The highest BCUT2D eigenvalue weighted by molar-refractivity contribution is 9.10. The summed E-state index contributed by atoms with van der Waals surface area (Å²) in [5.41, 5.74) is 1.39. The summed E-state index contributed by atoms with van der Waals surface area (Å²) in [5.74, 6) is -0.447. The van der Waals surface area contributed by atoms with Gasteiger partial charge in [-0.1, -0.05) is 15.9 Å². The number of halogens is 2. The summed E-state index contributed by atoms with van der Waals surface area (Å²) in [5, 5.41) is 4.04. The lowest BCUT2D eigenvalue weighted by atomic mass is 10.2. The van der Waals surface area contributed by atoms with Gasteiger partial charge >= 0.3 is 0 Å². The van der Waals surface area contributed by atoms with Crippen LogP contribution in [0.25, 0.3) is 0 Å². The highest BCUT2D eigenvalue weighted by atomic mass is 79.9. The molecule has 1 heterocycles. The maximum Gasteiger partial charge on any atom is 0.224 e. The van der Waals surface area contributed by atoms with Crippen molar-refractivity contribution in [2.45, 2.75) is 13.5 Å². The Balaban J connectivity index is 2.31. The summed E-state index contributed by atoms with van der Waals surface area (Å²) in [6.07, 6.45) is 3.35. The van der Waals surface area contributed by atoms with E-state index in [0.717, 1.165) is 4.47 Å². The minimum atomic E-state index is -0.326. The molecule has 0 atom stereocenters. The number of carbonyl (C=O) groups is 1. The van der Waals surface area contributed by atoms with Gasteiger partial charge in [0.1, 0.15) is 5.82 Å². The van der Waals surface area contributed by atoms with Crippen molar-refractivity contribution in [2.24, 2.45) is 7.05 Å². The molecule has 19 heavy (non-hydrogen) atoms. The number of carbonyl (C=O) groups excluding carboxylic acids is 1. The van der Waals surface area contributed by atoms with E-state index in [0.29, 0.717) is 17.8 Å². The minimum absolute atomic E-state index is 0.121. The number of nitrogens with zero attached hydrogens (tertiary/aromatic N) is 3. The van der Waals surface area contributed by atoms with Crippen LogP contribution < -0.4 is 4.90 Å². The van der Waals surface area contributed by atoms with Crippen molar-refractivity contribution in [1.82, 2.24) is 9.78 Å². The van der Waals surface area contributed by atoms with Crippen molar-refractivity contribution in [3.05, 3.63) is 46.4 Å². The molecule has 2 aromatic rings. The van der Waals surface area contributed by atoms with Gasteiger partial charge in [0.25, 0.3) is 0 Å². The molecule has 0 aliphatic heterocycles. The number of hydrogen-bond donors (Lipinski definition) is 0. The van der Waals surface area contributed by atoms with Gasteiger partial charge in [-0.3, -0.25) is 9.48 Å². The number of amides is 1. The zero-order valence-electron chi connectivity index (χ0n) is 10.6. The molecule has 4 nitrogen and oxygen atoms in total.